The highest BCUT2D eigenvalue weighted by molar-refractivity contribution is 7.80. The molecule has 2 aromatic carbocycles. The van der Waals surface area contributed by atoms with E-state index in [4.69, 9.17) is 17.0 Å². The van der Waals surface area contributed by atoms with Crippen molar-refractivity contribution >= 4 is 61.5 Å². The number of carbonyl (C=O) groups is 2. The van der Waals surface area contributed by atoms with E-state index in [1.165, 1.54) is 18.3 Å². The molecule has 0 radical (unpaired) electrons. The third-order valence-electron chi connectivity index (χ3n) is 3.73. The Kier molecular flexibility index (Phi) is 6.73. The molecular formula is C20H20N4O3S2. The maximum absolute atomic E-state index is 12.4. The monoisotopic (exact) mass is 428 g/mol. The Labute approximate surface area is 177 Å². The summed E-state index contributed by atoms with van der Waals surface area (Å²) in [6.45, 7) is 4.06. The first-order chi connectivity index (χ1) is 13.9. The fourth-order valence-corrected chi connectivity index (χ4v) is 3.67. The van der Waals surface area contributed by atoms with Crippen molar-refractivity contribution in [1.82, 2.24) is 10.3 Å². The molecule has 0 aliphatic carbocycles. The average molecular weight is 429 g/mol. The summed E-state index contributed by atoms with van der Waals surface area (Å²) in [6, 6.07) is 12.4. The Balaban J connectivity index is 1.64. The minimum atomic E-state index is -0.335. The fourth-order valence-electron chi connectivity index (χ4n) is 2.51. The smallest absolute Gasteiger partial charge is 0.257 e. The molecule has 0 fully saturated rings. The molecule has 0 atom stereocenters. The van der Waals surface area contributed by atoms with E-state index >= 15 is 0 Å². The van der Waals surface area contributed by atoms with Gasteiger partial charge in [-0.1, -0.05) is 24.3 Å². The summed E-state index contributed by atoms with van der Waals surface area (Å²) in [5, 5.41) is 9.01. The van der Waals surface area contributed by atoms with E-state index in [0.717, 1.165) is 16.6 Å². The maximum atomic E-state index is 12.4. The SMILES string of the molecule is CCCOc1cccc(C(=O)NC(=S)Nc2nc3ccc(NC(C)=O)cc3s2)c1. The molecule has 29 heavy (non-hydrogen) atoms. The number of hydrogen-bond acceptors (Lipinski definition) is 6. The quantitative estimate of drug-likeness (QED) is 0.511. The molecule has 0 spiro atoms. The van der Waals surface area contributed by atoms with Gasteiger partial charge in [0, 0.05) is 18.2 Å². The van der Waals surface area contributed by atoms with E-state index in [2.05, 4.69) is 20.9 Å². The molecule has 7 nitrogen and oxygen atoms in total. The van der Waals surface area contributed by atoms with Gasteiger partial charge in [-0.25, -0.2) is 4.98 Å². The number of benzene rings is 2. The van der Waals surface area contributed by atoms with Crippen molar-refractivity contribution in [3.05, 3.63) is 48.0 Å². The number of amides is 2. The largest absolute Gasteiger partial charge is 0.494 e. The van der Waals surface area contributed by atoms with Crippen LogP contribution in [-0.4, -0.2) is 28.5 Å². The molecule has 0 unspecified atom stereocenters. The standard InChI is InChI=1S/C20H20N4O3S2/c1-3-9-27-15-6-4-5-13(10-15)18(26)23-19(28)24-20-22-16-8-7-14(21-12(2)25)11-17(16)29-20/h4-8,10-11H,3,9H2,1-2H3,(H,21,25)(H2,22,23,24,26,28). The van der Waals surface area contributed by atoms with Crippen molar-refractivity contribution in [3.63, 3.8) is 0 Å². The van der Waals surface area contributed by atoms with Gasteiger partial charge in [0.25, 0.3) is 5.91 Å². The van der Waals surface area contributed by atoms with Crippen LogP contribution in [0.15, 0.2) is 42.5 Å². The second kappa shape index (κ2) is 9.44. The van der Waals surface area contributed by atoms with Crippen LogP contribution in [0.2, 0.25) is 0 Å². The summed E-state index contributed by atoms with van der Waals surface area (Å²) in [5.74, 6) is 0.165. The number of thiazole rings is 1. The van der Waals surface area contributed by atoms with E-state index < -0.39 is 0 Å². The number of thiocarbonyl (C=S) groups is 1. The molecule has 0 aliphatic rings. The van der Waals surface area contributed by atoms with Crippen LogP contribution in [-0.2, 0) is 4.79 Å². The highest BCUT2D eigenvalue weighted by Gasteiger charge is 2.11. The van der Waals surface area contributed by atoms with Gasteiger partial charge in [0.2, 0.25) is 5.91 Å². The number of fused-ring (bicyclic) bond motifs is 1. The molecule has 0 saturated carbocycles. The Morgan fingerprint density at radius 2 is 2.00 bits per heavy atom. The van der Waals surface area contributed by atoms with Gasteiger partial charge < -0.3 is 15.4 Å². The lowest BCUT2D eigenvalue weighted by atomic mass is 10.2. The molecule has 0 aliphatic heterocycles. The van der Waals surface area contributed by atoms with Crippen LogP contribution in [0.4, 0.5) is 10.8 Å². The van der Waals surface area contributed by atoms with E-state index in [0.29, 0.717) is 28.7 Å². The lowest BCUT2D eigenvalue weighted by molar-refractivity contribution is -0.114. The van der Waals surface area contributed by atoms with E-state index in [-0.39, 0.29) is 16.9 Å². The second-order valence-electron chi connectivity index (χ2n) is 6.17. The first-order valence-corrected chi connectivity index (χ1v) is 10.2. The molecule has 3 aromatic rings. The number of rotatable bonds is 6. The molecule has 9 heteroatoms. The minimum Gasteiger partial charge on any atom is -0.494 e. The molecular weight excluding hydrogens is 408 g/mol. The van der Waals surface area contributed by atoms with Crippen molar-refractivity contribution < 1.29 is 14.3 Å². The summed E-state index contributed by atoms with van der Waals surface area (Å²) >= 11 is 6.61. The molecule has 3 N–H and O–H groups in total. The van der Waals surface area contributed by atoms with Gasteiger partial charge in [0.1, 0.15) is 5.75 Å². The third kappa shape index (κ3) is 5.72. The summed E-state index contributed by atoms with van der Waals surface area (Å²) in [7, 11) is 0. The predicted molar refractivity (Wildman–Crippen MR) is 120 cm³/mol. The van der Waals surface area contributed by atoms with E-state index in [9.17, 15) is 9.59 Å². The van der Waals surface area contributed by atoms with Gasteiger partial charge >= 0.3 is 0 Å². The maximum Gasteiger partial charge on any atom is 0.257 e. The first kappa shape index (κ1) is 20.7. The van der Waals surface area contributed by atoms with Crippen molar-refractivity contribution in [2.45, 2.75) is 20.3 Å². The average Bonchev–Trinajstić information content (AvgIpc) is 3.07. The molecule has 0 bridgehead atoms. The topological polar surface area (TPSA) is 92.3 Å². The van der Waals surface area contributed by atoms with Crippen LogP contribution < -0.4 is 20.7 Å². The van der Waals surface area contributed by atoms with Crippen LogP contribution in [0.3, 0.4) is 0 Å². The van der Waals surface area contributed by atoms with Crippen LogP contribution >= 0.6 is 23.6 Å². The zero-order valence-corrected chi connectivity index (χ0v) is 17.6. The Morgan fingerprint density at radius 1 is 1.17 bits per heavy atom. The second-order valence-corrected chi connectivity index (χ2v) is 7.61. The minimum absolute atomic E-state index is 0.139. The van der Waals surface area contributed by atoms with Crippen LogP contribution in [0.1, 0.15) is 30.6 Å². The molecule has 2 amide bonds. The van der Waals surface area contributed by atoms with Crippen molar-refractivity contribution in [1.29, 1.82) is 0 Å². The molecule has 1 heterocycles. The summed E-state index contributed by atoms with van der Waals surface area (Å²) < 4.78 is 6.43. The summed E-state index contributed by atoms with van der Waals surface area (Å²) in [6.07, 6.45) is 0.888. The highest BCUT2D eigenvalue weighted by atomic mass is 32.1. The third-order valence-corrected chi connectivity index (χ3v) is 4.86. The molecule has 150 valence electrons. The Hall–Kier alpha value is -3.04. The van der Waals surface area contributed by atoms with Gasteiger partial charge in [-0.2, -0.15) is 0 Å². The van der Waals surface area contributed by atoms with Gasteiger partial charge in [0.15, 0.2) is 10.2 Å². The highest BCUT2D eigenvalue weighted by Crippen LogP contribution is 2.28. The number of ether oxygens (including phenoxy) is 1. The van der Waals surface area contributed by atoms with Crippen molar-refractivity contribution in [2.75, 3.05) is 17.2 Å². The van der Waals surface area contributed by atoms with Gasteiger partial charge in [-0.15, -0.1) is 0 Å². The van der Waals surface area contributed by atoms with Crippen molar-refractivity contribution in [3.8, 4) is 5.75 Å². The summed E-state index contributed by atoms with van der Waals surface area (Å²) in [4.78, 5) is 28.1. The molecule has 3 rings (SSSR count). The van der Waals surface area contributed by atoms with Crippen LogP contribution in [0, 0.1) is 0 Å². The number of nitrogens with zero attached hydrogens (tertiary/aromatic N) is 1. The zero-order chi connectivity index (χ0) is 20.8. The van der Waals surface area contributed by atoms with E-state index in [1.54, 1.807) is 30.3 Å². The predicted octanol–water partition coefficient (Wildman–Crippen LogP) is 4.17. The number of aromatic nitrogens is 1. The van der Waals surface area contributed by atoms with Crippen molar-refractivity contribution in [2.24, 2.45) is 0 Å². The Bertz CT molecular complexity index is 1060. The number of anilines is 2. The number of hydrogen-bond donors (Lipinski definition) is 3. The first-order valence-electron chi connectivity index (χ1n) is 8.98. The number of carbonyl (C=O) groups excluding carboxylic acids is 2. The number of nitrogens with one attached hydrogen (secondary N) is 3. The van der Waals surface area contributed by atoms with Gasteiger partial charge in [-0.05, 0) is 55.0 Å². The Morgan fingerprint density at radius 3 is 2.76 bits per heavy atom. The van der Waals surface area contributed by atoms with Crippen LogP contribution in [0.5, 0.6) is 5.75 Å². The lowest BCUT2D eigenvalue weighted by Gasteiger charge is -2.09. The lowest BCUT2D eigenvalue weighted by Crippen LogP contribution is -2.34. The van der Waals surface area contributed by atoms with Gasteiger partial charge in [0.05, 0.1) is 16.8 Å². The summed E-state index contributed by atoms with van der Waals surface area (Å²) in [5.41, 5.74) is 1.91. The molecule has 1 aromatic heterocycles. The zero-order valence-electron chi connectivity index (χ0n) is 15.9. The van der Waals surface area contributed by atoms with Gasteiger partial charge in [-0.3, -0.25) is 14.9 Å². The molecule has 0 saturated heterocycles. The normalized spacial score (nSPS) is 10.4. The van der Waals surface area contributed by atoms with Crippen LogP contribution in [0.25, 0.3) is 10.2 Å². The van der Waals surface area contributed by atoms with E-state index in [1.807, 2.05) is 19.1 Å². The fraction of sp³-hybridized carbons (Fsp3) is 0.200.